The SMILES string of the molecule is CCN(CCOC)c1nc(CNC(C)(C)C)cs1. The number of hydrogen-bond donors (Lipinski definition) is 1. The Hall–Kier alpha value is -0.650. The fourth-order valence-electron chi connectivity index (χ4n) is 1.47. The minimum absolute atomic E-state index is 0.129. The normalized spacial score (nSPS) is 11.8. The number of anilines is 1. The molecule has 0 atom stereocenters. The first kappa shape index (κ1) is 15.4. The Balaban J connectivity index is 2.55. The molecule has 0 fully saturated rings. The third-order valence-electron chi connectivity index (χ3n) is 2.56. The van der Waals surface area contributed by atoms with E-state index < -0.39 is 0 Å². The van der Waals surface area contributed by atoms with Crippen molar-refractivity contribution in [3.05, 3.63) is 11.1 Å². The molecule has 0 aliphatic rings. The van der Waals surface area contributed by atoms with Gasteiger partial charge in [0, 0.05) is 37.7 Å². The Morgan fingerprint density at radius 2 is 2.17 bits per heavy atom. The number of nitrogens with one attached hydrogen (secondary N) is 1. The molecular weight excluding hydrogens is 246 g/mol. The molecule has 1 rings (SSSR count). The standard InChI is InChI=1S/C13H25N3OS/c1-6-16(7-8-17-5)12-15-11(10-18-12)9-14-13(2,3)4/h10,14H,6-9H2,1-5H3. The average Bonchev–Trinajstić information content (AvgIpc) is 2.75. The lowest BCUT2D eigenvalue weighted by Gasteiger charge is -2.20. The van der Waals surface area contributed by atoms with Crippen LogP contribution in [-0.4, -0.2) is 37.3 Å². The molecule has 104 valence electrons. The molecule has 0 unspecified atom stereocenters. The molecule has 5 heteroatoms. The summed E-state index contributed by atoms with van der Waals surface area (Å²) < 4.78 is 5.12. The van der Waals surface area contributed by atoms with E-state index >= 15 is 0 Å². The smallest absolute Gasteiger partial charge is 0.185 e. The van der Waals surface area contributed by atoms with Crippen molar-refractivity contribution in [2.24, 2.45) is 0 Å². The predicted molar refractivity (Wildman–Crippen MR) is 78.5 cm³/mol. The minimum atomic E-state index is 0.129. The summed E-state index contributed by atoms with van der Waals surface area (Å²) in [5, 5.41) is 6.66. The summed E-state index contributed by atoms with van der Waals surface area (Å²) >= 11 is 1.70. The van der Waals surface area contributed by atoms with Gasteiger partial charge in [0.2, 0.25) is 0 Å². The lowest BCUT2D eigenvalue weighted by molar-refractivity contribution is 0.205. The van der Waals surface area contributed by atoms with E-state index in [1.54, 1.807) is 18.4 Å². The summed E-state index contributed by atoms with van der Waals surface area (Å²) in [7, 11) is 1.73. The van der Waals surface area contributed by atoms with Crippen LogP contribution >= 0.6 is 11.3 Å². The van der Waals surface area contributed by atoms with Crippen LogP contribution < -0.4 is 10.2 Å². The van der Waals surface area contributed by atoms with Gasteiger partial charge in [-0.05, 0) is 27.7 Å². The number of methoxy groups -OCH3 is 1. The van der Waals surface area contributed by atoms with Crippen LogP contribution in [0.3, 0.4) is 0 Å². The van der Waals surface area contributed by atoms with Gasteiger partial charge in [-0.1, -0.05) is 0 Å². The quantitative estimate of drug-likeness (QED) is 0.827. The van der Waals surface area contributed by atoms with Crippen LogP contribution in [0.4, 0.5) is 5.13 Å². The lowest BCUT2D eigenvalue weighted by Crippen LogP contribution is -2.35. The zero-order chi connectivity index (χ0) is 13.6. The van der Waals surface area contributed by atoms with Gasteiger partial charge >= 0.3 is 0 Å². The average molecular weight is 271 g/mol. The Labute approximate surface area is 114 Å². The van der Waals surface area contributed by atoms with E-state index in [4.69, 9.17) is 4.74 Å². The maximum atomic E-state index is 5.12. The highest BCUT2D eigenvalue weighted by Gasteiger charge is 2.12. The van der Waals surface area contributed by atoms with Crippen molar-refractivity contribution in [2.75, 3.05) is 31.7 Å². The molecule has 0 radical (unpaired) electrons. The summed E-state index contributed by atoms with van der Waals surface area (Å²) in [6.07, 6.45) is 0. The zero-order valence-electron chi connectivity index (χ0n) is 12.1. The lowest BCUT2D eigenvalue weighted by atomic mass is 10.1. The molecule has 0 aliphatic heterocycles. The monoisotopic (exact) mass is 271 g/mol. The summed E-state index contributed by atoms with van der Waals surface area (Å²) in [5.41, 5.74) is 1.24. The molecule has 1 heterocycles. The van der Waals surface area contributed by atoms with Crippen molar-refractivity contribution in [1.82, 2.24) is 10.3 Å². The third kappa shape index (κ3) is 5.33. The van der Waals surface area contributed by atoms with E-state index in [-0.39, 0.29) is 5.54 Å². The fraction of sp³-hybridized carbons (Fsp3) is 0.769. The van der Waals surface area contributed by atoms with Crippen LogP contribution in [-0.2, 0) is 11.3 Å². The van der Waals surface area contributed by atoms with Crippen LogP contribution in [0, 0.1) is 0 Å². The van der Waals surface area contributed by atoms with Crippen LogP contribution in [0.15, 0.2) is 5.38 Å². The summed E-state index contributed by atoms with van der Waals surface area (Å²) in [6, 6.07) is 0. The van der Waals surface area contributed by atoms with E-state index in [0.717, 1.165) is 37.1 Å². The summed E-state index contributed by atoms with van der Waals surface area (Å²) in [5.74, 6) is 0. The van der Waals surface area contributed by atoms with E-state index in [1.807, 2.05) is 0 Å². The minimum Gasteiger partial charge on any atom is -0.383 e. The molecule has 0 saturated heterocycles. The largest absolute Gasteiger partial charge is 0.383 e. The first-order valence-corrected chi connectivity index (χ1v) is 7.27. The highest BCUT2D eigenvalue weighted by molar-refractivity contribution is 7.13. The van der Waals surface area contributed by atoms with Gasteiger partial charge in [-0.25, -0.2) is 4.98 Å². The highest BCUT2D eigenvalue weighted by Crippen LogP contribution is 2.20. The van der Waals surface area contributed by atoms with Gasteiger partial charge in [-0.3, -0.25) is 0 Å². The molecular formula is C13H25N3OS. The Morgan fingerprint density at radius 1 is 1.44 bits per heavy atom. The van der Waals surface area contributed by atoms with Gasteiger partial charge in [0.15, 0.2) is 5.13 Å². The summed E-state index contributed by atoms with van der Waals surface area (Å²) in [4.78, 5) is 6.91. The van der Waals surface area contributed by atoms with Gasteiger partial charge < -0.3 is 15.0 Å². The summed E-state index contributed by atoms with van der Waals surface area (Å²) in [6.45, 7) is 12.1. The van der Waals surface area contributed by atoms with Crippen molar-refractivity contribution < 1.29 is 4.74 Å². The Bertz CT molecular complexity index is 346. The highest BCUT2D eigenvalue weighted by atomic mass is 32.1. The molecule has 18 heavy (non-hydrogen) atoms. The second-order valence-corrected chi connectivity index (χ2v) is 6.13. The van der Waals surface area contributed by atoms with Gasteiger partial charge in [0.05, 0.1) is 12.3 Å². The fourth-order valence-corrected chi connectivity index (χ4v) is 2.39. The van der Waals surface area contributed by atoms with E-state index in [2.05, 4.69) is 48.3 Å². The Kier molecular flexibility index (Phi) is 6.05. The molecule has 0 amide bonds. The van der Waals surface area contributed by atoms with Crippen molar-refractivity contribution >= 4 is 16.5 Å². The van der Waals surface area contributed by atoms with Gasteiger partial charge in [0.25, 0.3) is 0 Å². The molecule has 0 saturated carbocycles. The number of thiazole rings is 1. The number of ether oxygens (including phenoxy) is 1. The molecule has 1 N–H and O–H groups in total. The predicted octanol–water partition coefficient (Wildman–Crippen LogP) is 2.50. The molecule has 1 aromatic heterocycles. The Morgan fingerprint density at radius 3 is 2.72 bits per heavy atom. The molecule has 0 aromatic carbocycles. The number of hydrogen-bond acceptors (Lipinski definition) is 5. The molecule has 4 nitrogen and oxygen atoms in total. The second-order valence-electron chi connectivity index (χ2n) is 5.30. The number of aromatic nitrogens is 1. The zero-order valence-corrected chi connectivity index (χ0v) is 12.9. The van der Waals surface area contributed by atoms with Crippen LogP contribution in [0.1, 0.15) is 33.4 Å². The van der Waals surface area contributed by atoms with Crippen molar-refractivity contribution in [3.8, 4) is 0 Å². The van der Waals surface area contributed by atoms with Crippen molar-refractivity contribution in [3.63, 3.8) is 0 Å². The first-order chi connectivity index (χ1) is 8.46. The molecule has 0 bridgehead atoms. The van der Waals surface area contributed by atoms with Crippen LogP contribution in [0.5, 0.6) is 0 Å². The van der Waals surface area contributed by atoms with E-state index in [0.29, 0.717) is 0 Å². The number of nitrogens with zero attached hydrogens (tertiary/aromatic N) is 2. The number of likely N-dealkylation sites (N-methyl/N-ethyl adjacent to an activating group) is 1. The van der Waals surface area contributed by atoms with E-state index in [9.17, 15) is 0 Å². The van der Waals surface area contributed by atoms with Gasteiger partial charge in [-0.2, -0.15) is 0 Å². The van der Waals surface area contributed by atoms with E-state index in [1.165, 1.54) is 0 Å². The number of rotatable bonds is 7. The molecule has 1 aromatic rings. The van der Waals surface area contributed by atoms with Gasteiger partial charge in [0.1, 0.15) is 0 Å². The maximum Gasteiger partial charge on any atom is 0.185 e. The van der Waals surface area contributed by atoms with Crippen molar-refractivity contribution in [1.29, 1.82) is 0 Å². The van der Waals surface area contributed by atoms with Crippen LogP contribution in [0.25, 0.3) is 0 Å². The van der Waals surface area contributed by atoms with Crippen LogP contribution in [0.2, 0.25) is 0 Å². The second kappa shape index (κ2) is 7.07. The topological polar surface area (TPSA) is 37.4 Å². The third-order valence-corrected chi connectivity index (χ3v) is 3.51. The maximum absolute atomic E-state index is 5.12. The molecule has 0 aliphatic carbocycles. The first-order valence-electron chi connectivity index (χ1n) is 6.39. The van der Waals surface area contributed by atoms with Gasteiger partial charge in [-0.15, -0.1) is 11.3 Å². The molecule has 0 spiro atoms. The van der Waals surface area contributed by atoms with Crippen molar-refractivity contribution in [2.45, 2.75) is 39.8 Å².